The summed E-state index contributed by atoms with van der Waals surface area (Å²) in [5, 5.41) is 8.09. The smallest absolute Gasteiger partial charge is 0.209 e. The second kappa shape index (κ2) is 7.20. The van der Waals surface area contributed by atoms with Gasteiger partial charge in [0.05, 0.1) is 5.75 Å². The summed E-state index contributed by atoms with van der Waals surface area (Å²) in [5.74, 6) is 0.733. The highest BCUT2D eigenvalue weighted by Crippen LogP contribution is 2.02. The molecule has 14 heavy (non-hydrogen) atoms. The first-order valence-electron chi connectivity index (χ1n) is 5.17. The topological polar surface area (TPSA) is 72.2 Å². The zero-order chi connectivity index (χ0) is 11.0. The molecule has 0 rings (SSSR count). The van der Waals surface area contributed by atoms with Gasteiger partial charge in [0.25, 0.3) is 0 Å². The molecular weight excluding hydrogens is 200 g/mol. The maximum absolute atomic E-state index is 10.6. The van der Waals surface area contributed by atoms with Gasteiger partial charge in [-0.1, -0.05) is 20.3 Å². The predicted molar refractivity (Wildman–Crippen MR) is 59.5 cm³/mol. The molecule has 0 heterocycles. The van der Waals surface area contributed by atoms with Gasteiger partial charge in [-0.3, -0.25) is 0 Å². The van der Waals surface area contributed by atoms with Crippen molar-refractivity contribution >= 4 is 10.0 Å². The predicted octanol–water partition coefficient (Wildman–Crippen LogP) is 0.691. The number of hydrogen-bond donors (Lipinski definition) is 2. The monoisotopic (exact) mass is 222 g/mol. The van der Waals surface area contributed by atoms with E-state index >= 15 is 0 Å². The van der Waals surface area contributed by atoms with Gasteiger partial charge in [0.15, 0.2) is 0 Å². The van der Waals surface area contributed by atoms with E-state index in [1.165, 1.54) is 12.8 Å². The van der Waals surface area contributed by atoms with Gasteiger partial charge in [-0.15, -0.1) is 0 Å². The first-order chi connectivity index (χ1) is 6.45. The van der Waals surface area contributed by atoms with E-state index in [1.807, 2.05) is 0 Å². The van der Waals surface area contributed by atoms with Crippen molar-refractivity contribution in [2.45, 2.75) is 33.1 Å². The molecule has 0 aromatic heterocycles. The maximum Gasteiger partial charge on any atom is 0.209 e. The van der Waals surface area contributed by atoms with Crippen molar-refractivity contribution in [2.24, 2.45) is 11.1 Å². The quantitative estimate of drug-likeness (QED) is 0.594. The minimum absolute atomic E-state index is 0.0716. The molecular formula is C9H22N2O2S. The van der Waals surface area contributed by atoms with Gasteiger partial charge in [0.2, 0.25) is 10.0 Å². The number of primary sulfonamides is 1. The fourth-order valence-corrected chi connectivity index (χ4v) is 1.89. The van der Waals surface area contributed by atoms with Crippen molar-refractivity contribution < 1.29 is 8.42 Å². The van der Waals surface area contributed by atoms with Gasteiger partial charge in [-0.2, -0.15) is 0 Å². The number of sulfonamides is 1. The van der Waals surface area contributed by atoms with Gasteiger partial charge < -0.3 is 5.32 Å². The maximum atomic E-state index is 10.6. The molecule has 0 aromatic carbocycles. The van der Waals surface area contributed by atoms with Crippen LogP contribution < -0.4 is 10.5 Å². The molecule has 5 heteroatoms. The molecule has 0 bridgehead atoms. The Balaban J connectivity index is 3.30. The fourth-order valence-electron chi connectivity index (χ4n) is 1.34. The number of nitrogens with one attached hydrogen (secondary N) is 1. The second-order valence-corrected chi connectivity index (χ2v) is 5.55. The number of hydrogen-bond acceptors (Lipinski definition) is 3. The van der Waals surface area contributed by atoms with Gasteiger partial charge in [0.1, 0.15) is 0 Å². The van der Waals surface area contributed by atoms with Crippen molar-refractivity contribution in [3.05, 3.63) is 0 Å². The SMILES string of the molecule is CCCC(C)CNCCCS(N)(=O)=O. The third-order valence-electron chi connectivity index (χ3n) is 2.06. The van der Waals surface area contributed by atoms with Crippen LogP contribution in [0.4, 0.5) is 0 Å². The van der Waals surface area contributed by atoms with Crippen molar-refractivity contribution in [3.63, 3.8) is 0 Å². The average Bonchev–Trinajstić information content (AvgIpc) is 2.02. The first-order valence-corrected chi connectivity index (χ1v) is 6.88. The van der Waals surface area contributed by atoms with Gasteiger partial charge in [-0.25, -0.2) is 13.6 Å². The van der Waals surface area contributed by atoms with Crippen LogP contribution in [0.25, 0.3) is 0 Å². The lowest BCUT2D eigenvalue weighted by Gasteiger charge is -2.10. The summed E-state index contributed by atoms with van der Waals surface area (Å²) in [5.41, 5.74) is 0. The van der Waals surface area contributed by atoms with E-state index < -0.39 is 10.0 Å². The van der Waals surface area contributed by atoms with Crippen molar-refractivity contribution in [1.29, 1.82) is 0 Å². The highest BCUT2D eigenvalue weighted by atomic mass is 32.2. The molecule has 1 atom stereocenters. The highest BCUT2D eigenvalue weighted by molar-refractivity contribution is 7.89. The summed E-state index contributed by atoms with van der Waals surface area (Å²) in [6.07, 6.45) is 3.00. The molecule has 0 amide bonds. The second-order valence-electron chi connectivity index (χ2n) is 3.82. The molecule has 0 radical (unpaired) electrons. The third-order valence-corrected chi connectivity index (χ3v) is 2.91. The first kappa shape index (κ1) is 13.9. The Bertz CT molecular complexity index is 227. The zero-order valence-corrected chi connectivity index (χ0v) is 9.94. The molecule has 0 fully saturated rings. The van der Waals surface area contributed by atoms with Crippen LogP contribution >= 0.6 is 0 Å². The Morgan fingerprint density at radius 2 is 2.07 bits per heavy atom. The van der Waals surface area contributed by atoms with E-state index in [4.69, 9.17) is 5.14 Å². The molecule has 1 unspecified atom stereocenters. The number of nitrogens with two attached hydrogens (primary N) is 1. The van der Waals surface area contributed by atoms with Crippen molar-refractivity contribution in [1.82, 2.24) is 5.32 Å². The Hall–Kier alpha value is -0.130. The standard InChI is InChI=1S/C9H22N2O2S/c1-3-5-9(2)8-11-6-4-7-14(10,12)13/h9,11H,3-8H2,1-2H3,(H2,10,12,13). The molecule has 86 valence electrons. The third kappa shape index (κ3) is 9.95. The van der Waals surface area contributed by atoms with Crippen LogP contribution in [-0.2, 0) is 10.0 Å². The summed E-state index contributed by atoms with van der Waals surface area (Å²) < 4.78 is 21.2. The summed E-state index contributed by atoms with van der Waals surface area (Å²) in [4.78, 5) is 0. The normalized spacial score (nSPS) is 14.2. The van der Waals surface area contributed by atoms with Crippen LogP contribution in [0.1, 0.15) is 33.1 Å². The lowest BCUT2D eigenvalue weighted by molar-refractivity contribution is 0.476. The molecule has 0 spiro atoms. The molecule has 0 aromatic rings. The van der Waals surface area contributed by atoms with E-state index in [9.17, 15) is 8.42 Å². The molecule has 3 N–H and O–H groups in total. The lowest BCUT2D eigenvalue weighted by Crippen LogP contribution is -2.25. The lowest BCUT2D eigenvalue weighted by atomic mass is 10.1. The summed E-state index contributed by atoms with van der Waals surface area (Å²) in [6.45, 7) is 6.04. The van der Waals surface area contributed by atoms with Gasteiger partial charge in [0, 0.05) is 0 Å². The Labute approximate surface area is 87.3 Å². The zero-order valence-electron chi connectivity index (χ0n) is 9.12. The van der Waals surface area contributed by atoms with Crippen molar-refractivity contribution in [3.8, 4) is 0 Å². The summed E-state index contributed by atoms with van der Waals surface area (Å²) in [7, 11) is -3.28. The van der Waals surface area contributed by atoms with E-state index in [0.29, 0.717) is 12.3 Å². The molecule has 0 aliphatic heterocycles. The van der Waals surface area contributed by atoms with Crippen LogP contribution in [0, 0.1) is 5.92 Å². The van der Waals surface area contributed by atoms with E-state index in [1.54, 1.807) is 0 Å². The Morgan fingerprint density at radius 3 is 2.57 bits per heavy atom. The average molecular weight is 222 g/mol. The van der Waals surface area contributed by atoms with Crippen LogP contribution in [-0.4, -0.2) is 27.3 Å². The van der Waals surface area contributed by atoms with Crippen LogP contribution in [0.5, 0.6) is 0 Å². The van der Waals surface area contributed by atoms with Crippen LogP contribution in [0.3, 0.4) is 0 Å². The van der Waals surface area contributed by atoms with Crippen LogP contribution in [0.2, 0.25) is 0 Å². The van der Waals surface area contributed by atoms with Crippen molar-refractivity contribution in [2.75, 3.05) is 18.8 Å². The Kier molecular flexibility index (Phi) is 7.13. The van der Waals surface area contributed by atoms with E-state index in [0.717, 1.165) is 13.1 Å². The molecule has 0 aliphatic rings. The summed E-state index contributed by atoms with van der Waals surface area (Å²) >= 11 is 0. The van der Waals surface area contributed by atoms with E-state index in [-0.39, 0.29) is 5.75 Å². The van der Waals surface area contributed by atoms with E-state index in [2.05, 4.69) is 19.2 Å². The van der Waals surface area contributed by atoms with Gasteiger partial charge in [-0.05, 0) is 31.8 Å². The number of rotatable bonds is 8. The fraction of sp³-hybridized carbons (Fsp3) is 1.00. The molecule has 0 saturated heterocycles. The Morgan fingerprint density at radius 1 is 1.43 bits per heavy atom. The minimum Gasteiger partial charge on any atom is -0.316 e. The van der Waals surface area contributed by atoms with Crippen LogP contribution in [0.15, 0.2) is 0 Å². The molecule has 0 aliphatic carbocycles. The minimum atomic E-state index is -3.28. The molecule has 0 saturated carbocycles. The molecule has 4 nitrogen and oxygen atoms in total. The van der Waals surface area contributed by atoms with Gasteiger partial charge >= 0.3 is 0 Å². The highest BCUT2D eigenvalue weighted by Gasteiger charge is 2.02. The largest absolute Gasteiger partial charge is 0.316 e. The summed E-state index contributed by atoms with van der Waals surface area (Å²) in [6, 6.07) is 0.